The number of carboxylic acid groups (broad SMARTS) is 1. The van der Waals surface area contributed by atoms with Crippen LogP contribution in [0.2, 0.25) is 0 Å². The van der Waals surface area contributed by atoms with Crippen molar-refractivity contribution < 1.29 is 9.90 Å². The molecule has 0 amide bonds. The SMILES string of the molecule is NC1(C(=O)O)CCN(Cc2ccc(I)cc2)C1. The summed E-state index contributed by atoms with van der Waals surface area (Å²) in [5.74, 6) is -0.900. The molecule has 5 heteroatoms. The average Bonchev–Trinajstić information content (AvgIpc) is 2.65. The van der Waals surface area contributed by atoms with Gasteiger partial charge in [-0.15, -0.1) is 0 Å². The van der Waals surface area contributed by atoms with Crippen molar-refractivity contribution in [2.75, 3.05) is 13.1 Å². The molecular formula is C12H15IN2O2. The lowest BCUT2D eigenvalue weighted by molar-refractivity contribution is -0.142. The molecule has 1 aliphatic rings. The number of rotatable bonds is 3. The van der Waals surface area contributed by atoms with Gasteiger partial charge in [0.1, 0.15) is 5.54 Å². The normalized spacial score (nSPS) is 25.1. The molecule has 0 radical (unpaired) electrons. The minimum absolute atomic E-state index is 0.425. The molecule has 1 aliphatic heterocycles. The molecule has 4 nitrogen and oxygen atoms in total. The van der Waals surface area contributed by atoms with Crippen LogP contribution in [0.25, 0.3) is 0 Å². The molecule has 1 saturated heterocycles. The van der Waals surface area contributed by atoms with E-state index in [0.29, 0.717) is 13.0 Å². The van der Waals surface area contributed by atoms with Crippen molar-refractivity contribution in [1.29, 1.82) is 0 Å². The summed E-state index contributed by atoms with van der Waals surface area (Å²) in [5.41, 5.74) is 5.96. The smallest absolute Gasteiger partial charge is 0.325 e. The van der Waals surface area contributed by atoms with E-state index in [1.54, 1.807) is 0 Å². The maximum atomic E-state index is 11.0. The summed E-state index contributed by atoms with van der Waals surface area (Å²) in [6.45, 7) is 1.94. The Morgan fingerprint density at radius 1 is 1.47 bits per heavy atom. The minimum Gasteiger partial charge on any atom is -0.480 e. The van der Waals surface area contributed by atoms with Gasteiger partial charge in [-0.3, -0.25) is 9.69 Å². The van der Waals surface area contributed by atoms with E-state index in [4.69, 9.17) is 10.8 Å². The second-order valence-electron chi connectivity index (χ2n) is 4.55. The summed E-state index contributed by atoms with van der Waals surface area (Å²) in [6, 6.07) is 8.25. The van der Waals surface area contributed by atoms with Gasteiger partial charge in [0.05, 0.1) is 0 Å². The third kappa shape index (κ3) is 2.97. The molecule has 1 atom stereocenters. The number of hydrogen-bond acceptors (Lipinski definition) is 3. The number of hydrogen-bond donors (Lipinski definition) is 2. The van der Waals surface area contributed by atoms with Gasteiger partial charge >= 0.3 is 5.97 Å². The molecule has 17 heavy (non-hydrogen) atoms. The molecule has 0 aliphatic carbocycles. The fraction of sp³-hybridized carbons (Fsp3) is 0.417. The Kier molecular flexibility index (Phi) is 3.70. The monoisotopic (exact) mass is 346 g/mol. The number of aliphatic carboxylic acids is 1. The lowest BCUT2D eigenvalue weighted by Gasteiger charge is -2.20. The highest BCUT2D eigenvalue weighted by atomic mass is 127. The Labute approximate surface area is 114 Å². The molecule has 1 heterocycles. The predicted octanol–water partition coefficient (Wildman–Crippen LogP) is 1.28. The Bertz CT molecular complexity index is 421. The molecule has 2 rings (SSSR count). The summed E-state index contributed by atoms with van der Waals surface area (Å²) in [6.07, 6.45) is 0.521. The van der Waals surface area contributed by atoms with E-state index < -0.39 is 11.5 Å². The summed E-state index contributed by atoms with van der Waals surface area (Å²) in [5, 5.41) is 9.04. The van der Waals surface area contributed by atoms with E-state index in [9.17, 15) is 4.79 Å². The third-order valence-electron chi connectivity index (χ3n) is 3.13. The molecular weight excluding hydrogens is 331 g/mol. The molecule has 1 aromatic rings. The zero-order valence-electron chi connectivity index (χ0n) is 9.40. The van der Waals surface area contributed by atoms with Gasteiger partial charge in [-0.1, -0.05) is 12.1 Å². The maximum absolute atomic E-state index is 11.0. The summed E-state index contributed by atoms with van der Waals surface area (Å²) < 4.78 is 1.20. The maximum Gasteiger partial charge on any atom is 0.325 e. The first kappa shape index (κ1) is 12.8. The van der Waals surface area contributed by atoms with Crippen LogP contribution in [-0.4, -0.2) is 34.6 Å². The second-order valence-corrected chi connectivity index (χ2v) is 5.79. The van der Waals surface area contributed by atoms with E-state index >= 15 is 0 Å². The first-order valence-corrected chi connectivity index (χ1v) is 6.56. The molecule has 0 spiro atoms. The van der Waals surface area contributed by atoms with Crippen LogP contribution in [-0.2, 0) is 11.3 Å². The fourth-order valence-electron chi connectivity index (χ4n) is 2.07. The number of likely N-dealkylation sites (tertiary alicyclic amines) is 1. The standard InChI is InChI=1S/C12H15IN2O2/c13-10-3-1-9(2-4-10)7-15-6-5-12(14,8-15)11(16)17/h1-4H,5-8,14H2,(H,16,17). The third-order valence-corrected chi connectivity index (χ3v) is 3.84. The Morgan fingerprint density at radius 3 is 2.65 bits per heavy atom. The van der Waals surface area contributed by atoms with Crippen LogP contribution in [0.5, 0.6) is 0 Å². The van der Waals surface area contributed by atoms with Gasteiger partial charge in [-0.25, -0.2) is 0 Å². The fourth-order valence-corrected chi connectivity index (χ4v) is 2.43. The summed E-state index contributed by atoms with van der Waals surface area (Å²) >= 11 is 2.26. The first-order chi connectivity index (χ1) is 7.99. The molecule has 0 aromatic heterocycles. The van der Waals surface area contributed by atoms with Gasteiger partial charge < -0.3 is 10.8 Å². The topological polar surface area (TPSA) is 66.6 Å². The minimum atomic E-state index is -1.07. The molecule has 1 fully saturated rings. The zero-order valence-corrected chi connectivity index (χ0v) is 11.6. The molecule has 1 aromatic carbocycles. The largest absolute Gasteiger partial charge is 0.480 e. The van der Waals surface area contributed by atoms with Gasteiger partial charge in [0.25, 0.3) is 0 Å². The van der Waals surface area contributed by atoms with E-state index in [1.807, 2.05) is 0 Å². The number of carboxylic acids is 1. The zero-order chi connectivity index (χ0) is 12.5. The molecule has 92 valence electrons. The van der Waals surface area contributed by atoms with Crippen molar-refractivity contribution in [3.05, 3.63) is 33.4 Å². The van der Waals surface area contributed by atoms with Crippen LogP contribution in [0.15, 0.2) is 24.3 Å². The number of carbonyl (C=O) groups is 1. The van der Waals surface area contributed by atoms with Gasteiger partial charge in [0.2, 0.25) is 0 Å². The van der Waals surface area contributed by atoms with Crippen molar-refractivity contribution in [1.82, 2.24) is 4.90 Å². The van der Waals surface area contributed by atoms with E-state index in [2.05, 4.69) is 51.8 Å². The van der Waals surface area contributed by atoms with Gasteiger partial charge in [0.15, 0.2) is 0 Å². The number of benzene rings is 1. The lowest BCUT2D eigenvalue weighted by atomic mass is 10.0. The van der Waals surface area contributed by atoms with Gasteiger partial charge in [-0.05, 0) is 46.7 Å². The van der Waals surface area contributed by atoms with Crippen LogP contribution in [0.4, 0.5) is 0 Å². The van der Waals surface area contributed by atoms with Crippen molar-refractivity contribution in [2.45, 2.75) is 18.5 Å². The Balaban J connectivity index is 1.98. The number of halogens is 1. The molecule has 1 unspecified atom stereocenters. The van der Waals surface area contributed by atoms with E-state index in [0.717, 1.165) is 13.1 Å². The van der Waals surface area contributed by atoms with Crippen molar-refractivity contribution in [2.24, 2.45) is 5.73 Å². The summed E-state index contributed by atoms with van der Waals surface area (Å²) in [4.78, 5) is 13.1. The van der Waals surface area contributed by atoms with Crippen molar-refractivity contribution >= 4 is 28.6 Å². The Morgan fingerprint density at radius 2 is 2.12 bits per heavy atom. The highest BCUT2D eigenvalue weighted by Gasteiger charge is 2.40. The Hall–Kier alpha value is -0.660. The molecule has 0 bridgehead atoms. The van der Waals surface area contributed by atoms with Crippen molar-refractivity contribution in [3.8, 4) is 0 Å². The first-order valence-electron chi connectivity index (χ1n) is 5.49. The van der Waals surface area contributed by atoms with Crippen LogP contribution in [0, 0.1) is 3.57 Å². The van der Waals surface area contributed by atoms with Crippen LogP contribution in [0.1, 0.15) is 12.0 Å². The predicted molar refractivity (Wildman–Crippen MR) is 73.6 cm³/mol. The van der Waals surface area contributed by atoms with Crippen molar-refractivity contribution in [3.63, 3.8) is 0 Å². The molecule has 0 saturated carbocycles. The van der Waals surface area contributed by atoms with Crippen LogP contribution >= 0.6 is 22.6 Å². The average molecular weight is 346 g/mol. The second kappa shape index (κ2) is 4.91. The van der Waals surface area contributed by atoms with Crippen LogP contribution < -0.4 is 5.73 Å². The highest BCUT2D eigenvalue weighted by Crippen LogP contribution is 2.21. The lowest BCUT2D eigenvalue weighted by Crippen LogP contribution is -2.50. The van der Waals surface area contributed by atoms with Gasteiger partial charge in [-0.2, -0.15) is 0 Å². The van der Waals surface area contributed by atoms with E-state index in [1.165, 1.54) is 9.13 Å². The van der Waals surface area contributed by atoms with Gasteiger partial charge in [0, 0.05) is 23.2 Å². The highest BCUT2D eigenvalue weighted by molar-refractivity contribution is 14.1. The molecule has 3 N–H and O–H groups in total. The summed E-state index contributed by atoms with van der Waals surface area (Å²) in [7, 11) is 0. The van der Waals surface area contributed by atoms with E-state index in [-0.39, 0.29) is 0 Å². The quantitative estimate of drug-likeness (QED) is 0.810. The van der Waals surface area contributed by atoms with Crippen LogP contribution in [0.3, 0.4) is 0 Å². The number of nitrogens with zero attached hydrogens (tertiary/aromatic N) is 1. The number of nitrogens with two attached hydrogens (primary N) is 1.